The van der Waals surface area contributed by atoms with Crippen molar-refractivity contribution in [3.63, 3.8) is 0 Å². The Labute approximate surface area is 156 Å². The van der Waals surface area contributed by atoms with Crippen LogP contribution in [0.1, 0.15) is 17.2 Å². The summed E-state index contributed by atoms with van der Waals surface area (Å²) in [4.78, 5) is 31.5. The highest BCUT2D eigenvalue weighted by atomic mass is 16.5. The molecule has 1 aliphatic rings. The normalized spacial score (nSPS) is 17.2. The predicted molar refractivity (Wildman–Crippen MR) is 103 cm³/mol. The van der Waals surface area contributed by atoms with Crippen molar-refractivity contribution in [3.8, 4) is 5.75 Å². The second-order valence-corrected chi connectivity index (χ2v) is 6.76. The lowest BCUT2D eigenvalue weighted by Gasteiger charge is -2.34. The summed E-state index contributed by atoms with van der Waals surface area (Å²) in [7, 11) is 1.65. The molecule has 1 fully saturated rings. The number of aromatic nitrogens is 2. The molecular weight excluding hydrogens is 344 g/mol. The van der Waals surface area contributed by atoms with E-state index >= 15 is 0 Å². The minimum Gasteiger partial charge on any atom is -0.497 e. The Kier molecular flexibility index (Phi) is 4.68. The maximum absolute atomic E-state index is 12.8. The Morgan fingerprint density at radius 1 is 1.15 bits per heavy atom. The van der Waals surface area contributed by atoms with E-state index in [1.54, 1.807) is 7.11 Å². The molecule has 2 heterocycles. The molecule has 140 valence electrons. The van der Waals surface area contributed by atoms with Crippen LogP contribution >= 0.6 is 0 Å². The number of H-pyrrole nitrogens is 2. The fraction of sp³-hybridized carbons (Fsp3) is 0.300. The number of aromatic amines is 2. The summed E-state index contributed by atoms with van der Waals surface area (Å²) in [6.07, 6.45) is 0.318. The van der Waals surface area contributed by atoms with E-state index < -0.39 is 0 Å². The van der Waals surface area contributed by atoms with Crippen LogP contribution < -0.4 is 15.7 Å². The Hall–Kier alpha value is -3.06. The maximum atomic E-state index is 12.8. The molecule has 0 saturated carbocycles. The summed E-state index contributed by atoms with van der Waals surface area (Å²) in [5.74, 6) is 0.910. The van der Waals surface area contributed by atoms with E-state index in [0.29, 0.717) is 19.5 Å². The summed E-state index contributed by atoms with van der Waals surface area (Å²) in [6, 6.07) is 13.6. The van der Waals surface area contributed by atoms with Gasteiger partial charge in [-0.05, 0) is 35.4 Å². The summed E-state index contributed by atoms with van der Waals surface area (Å²) in [5.41, 5.74) is 3.26. The van der Waals surface area contributed by atoms with Crippen molar-refractivity contribution in [2.75, 3.05) is 26.7 Å². The molecule has 0 radical (unpaired) electrons. The number of ether oxygens (including phenoxy) is 1. The van der Waals surface area contributed by atoms with Crippen molar-refractivity contribution < 1.29 is 9.53 Å². The number of carbonyl (C=O) groups excluding carboxylic acids is 1. The van der Waals surface area contributed by atoms with Crippen molar-refractivity contribution >= 4 is 16.9 Å². The molecule has 7 nitrogen and oxygen atoms in total. The van der Waals surface area contributed by atoms with E-state index in [1.165, 1.54) is 0 Å². The number of fused-ring (bicyclic) bond motifs is 1. The SMILES string of the molecule is COc1ccc(C2CN(C(=O)Cc3ccc4[nH]c(=O)[nH]c4c3)CCN2)cc1. The van der Waals surface area contributed by atoms with Crippen LogP contribution in [0.5, 0.6) is 5.75 Å². The molecule has 3 N–H and O–H groups in total. The van der Waals surface area contributed by atoms with Gasteiger partial charge in [-0.15, -0.1) is 0 Å². The molecule has 2 aromatic carbocycles. The number of hydrogen-bond acceptors (Lipinski definition) is 4. The molecule has 1 amide bonds. The summed E-state index contributed by atoms with van der Waals surface area (Å²) in [6.45, 7) is 2.08. The van der Waals surface area contributed by atoms with Crippen LogP contribution in [0, 0.1) is 0 Å². The fourth-order valence-electron chi connectivity index (χ4n) is 3.51. The van der Waals surface area contributed by atoms with Gasteiger partial charge in [0, 0.05) is 25.7 Å². The Morgan fingerprint density at radius 3 is 2.70 bits per heavy atom. The number of hydrogen-bond donors (Lipinski definition) is 3. The first kappa shape index (κ1) is 17.4. The first-order valence-corrected chi connectivity index (χ1v) is 8.98. The van der Waals surface area contributed by atoms with Crippen LogP contribution in [0.15, 0.2) is 47.3 Å². The van der Waals surface area contributed by atoms with E-state index in [2.05, 4.69) is 15.3 Å². The zero-order chi connectivity index (χ0) is 18.8. The number of rotatable bonds is 4. The number of benzene rings is 2. The van der Waals surface area contributed by atoms with E-state index in [1.807, 2.05) is 47.4 Å². The van der Waals surface area contributed by atoms with Gasteiger partial charge in [0.05, 0.1) is 24.6 Å². The standard InChI is InChI=1S/C20H22N4O3/c1-27-15-5-3-14(4-6-15)18-12-24(9-8-21-18)19(25)11-13-2-7-16-17(10-13)23-20(26)22-16/h2-7,10,18,21H,8-9,11-12H2,1H3,(H2,22,23,26). The Bertz CT molecular complexity index is 1010. The van der Waals surface area contributed by atoms with Gasteiger partial charge in [-0.25, -0.2) is 4.79 Å². The highest BCUT2D eigenvalue weighted by Gasteiger charge is 2.24. The summed E-state index contributed by atoms with van der Waals surface area (Å²) in [5, 5.41) is 3.47. The smallest absolute Gasteiger partial charge is 0.323 e. The molecule has 0 bridgehead atoms. The second kappa shape index (κ2) is 7.28. The number of amides is 1. The Morgan fingerprint density at radius 2 is 1.93 bits per heavy atom. The number of nitrogens with one attached hydrogen (secondary N) is 3. The predicted octanol–water partition coefficient (Wildman–Crippen LogP) is 1.58. The van der Waals surface area contributed by atoms with Crippen LogP contribution in [-0.4, -0.2) is 47.5 Å². The molecule has 3 aromatic rings. The Balaban J connectivity index is 1.44. The van der Waals surface area contributed by atoms with Gasteiger partial charge < -0.3 is 24.9 Å². The van der Waals surface area contributed by atoms with E-state index in [9.17, 15) is 9.59 Å². The lowest BCUT2D eigenvalue weighted by molar-refractivity contribution is -0.131. The van der Waals surface area contributed by atoms with Crippen LogP contribution in [0.2, 0.25) is 0 Å². The third-order valence-corrected chi connectivity index (χ3v) is 4.98. The lowest BCUT2D eigenvalue weighted by atomic mass is 10.0. The number of piperazine rings is 1. The number of methoxy groups -OCH3 is 1. The first-order valence-electron chi connectivity index (χ1n) is 8.98. The van der Waals surface area contributed by atoms with Gasteiger partial charge in [0.25, 0.3) is 0 Å². The minimum absolute atomic E-state index is 0.0900. The molecule has 0 aliphatic carbocycles. The highest BCUT2D eigenvalue weighted by molar-refractivity contribution is 5.81. The van der Waals surface area contributed by atoms with Gasteiger partial charge in [0.1, 0.15) is 5.75 Å². The summed E-state index contributed by atoms with van der Waals surface area (Å²) >= 11 is 0. The summed E-state index contributed by atoms with van der Waals surface area (Å²) < 4.78 is 5.21. The maximum Gasteiger partial charge on any atom is 0.323 e. The highest BCUT2D eigenvalue weighted by Crippen LogP contribution is 2.21. The first-order chi connectivity index (χ1) is 13.1. The molecule has 1 unspecified atom stereocenters. The molecule has 1 aliphatic heterocycles. The number of nitrogens with zero attached hydrogens (tertiary/aromatic N) is 1. The van der Waals surface area contributed by atoms with Crippen molar-refractivity contribution in [2.45, 2.75) is 12.5 Å². The van der Waals surface area contributed by atoms with Gasteiger partial charge in [0.15, 0.2) is 0 Å². The van der Waals surface area contributed by atoms with E-state index in [4.69, 9.17) is 4.74 Å². The van der Waals surface area contributed by atoms with E-state index in [0.717, 1.165) is 34.5 Å². The monoisotopic (exact) mass is 366 g/mol. The largest absolute Gasteiger partial charge is 0.497 e. The molecule has 1 atom stereocenters. The molecule has 0 spiro atoms. The molecule has 4 rings (SSSR count). The molecule has 1 aromatic heterocycles. The number of carbonyl (C=O) groups is 1. The topological polar surface area (TPSA) is 90.2 Å². The van der Waals surface area contributed by atoms with Crippen LogP contribution in [0.4, 0.5) is 0 Å². The lowest BCUT2D eigenvalue weighted by Crippen LogP contribution is -2.48. The van der Waals surface area contributed by atoms with Crippen LogP contribution in [0.25, 0.3) is 11.0 Å². The van der Waals surface area contributed by atoms with Crippen molar-refractivity contribution in [2.24, 2.45) is 0 Å². The molecule has 27 heavy (non-hydrogen) atoms. The van der Waals surface area contributed by atoms with Crippen LogP contribution in [0.3, 0.4) is 0 Å². The minimum atomic E-state index is -0.238. The molecular formula is C20H22N4O3. The average molecular weight is 366 g/mol. The third-order valence-electron chi connectivity index (χ3n) is 4.98. The van der Waals surface area contributed by atoms with Crippen molar-refractivity contribution in [3.05, 3.63) is 64.1 Å². The third kappa shape index (κ3) is 3.73. The zero-order valence-corrected chi connectivity index (χ0v) is 15.1. The van der Waals surface area contributed by atoms with Gasteiger partial charge in [-0.3, -0.25) is 4.79 Å². The van der Waals surface area contributed by atoms with Gasteiger partial charge in [-0.2, -0.15) is 0 Å². The van der Waals surface area contributed by atoms with Crippen molar-refractivity contribution in [1.82, 2.24) is 20.2 Å². The average Bonchev–Trinajstić information content (AvgIpc) is 3.07. The van der Waals surface area contributed by atoms with Crippen LogP contribution in [-0.2, 0) is 11.2 Å². The van der Waals surface area contributed by atoms with Gasteiger partial charge in [-0.1, -0.05) is 18.2 Å². The number of imidazole rings is 1. The fourth-order valence-corrected chi connectivity index (χ4v) is 3.51. The van der Waals surface area contributed by atoms with Crippen molar-refractivity contribution in [1.29, 1.82) is 0 Å². The molecule has 1 saturated heterocycles. The van der Waals surface area contributed by atoms with E-state index in [-0.39, 0.29) is 17.6 Å². The molecule has 7 heteroatoms. The van der Waals surface area contributed by atoms with Gasteiger partial charge in [0.2, 0.25) is 5.91 Å². The zero-order valence-electron chi connectivity index (χ0n) is 15.1. The second-order valence-electron chi connectivity index (χ2n) is 6.76. The quantitative estimate of drug-likeness (QED) is 0.654. The van der Waals surface area contributed by atoms with Gasteiger partial charge >= 0.3 is 5.69 Å².